The van der Waals surface area contributed by atoms with Crippen molar-refractivity contribution in [3.63, 3.8) is 0 Å². The van der Waals surface area contributed by atoms with Crippen LogP contribution < -0.4 is 0 Å². The second kappa shape index (κ2) is 25.3. The molecule has 0 heteroatoms. The molecular weight excluding hydrogens is 360 g/mol. The fourth-order valence-corrected chi connectivity index (χ4v) is 4.76. The Balaban J connectivity index is 3.22. The van der Waals surface area contributed by atoms with Gasteiger partial charge in [-0.1, -0.05) is 182 Å². The first-order valence-corrected chi connectivity index (χ1v) is 14.5. The summed E-state index contributed by atoms with van der Waals surface area (Å²) in [5.74, 6) is 1.67. The highest BCUT2D eigenvalue weighted by Crippen LogP contribution is 2.20. The molecule has 0 fully saturated rings. The molecule has 0 aromatic rings. The minimum absolute atomic E-state index is 0.714. The van der Waals surface area contributed by atoms with Gasteiger partial charge in [-0.3, -0.25) is 0 Å². The number of unbranched alkanes of at least 4 members (excludes halogenated alkanes) is 17. The van der Waals surface area contributed by atoms with Crippen molar-refractivity contribution in [1.29, 1.82) is 0 Å². The first-order valence-electron chi connectivity index (χ1n) is 14.5. The molecule has 0 aliphatic carbocycles. The second-order valence-corrected chi connectivity index (χ2v) is 10.5. The van der Waals surface area contributed by atoms with Crippen LogP contribution in [0.3, 0.4) is 0 Å². The first kappa shape index (κ1) is 30.0. The fraction of sp³-hybridized carbons (Fsp3) is 0.967. The summed E-state index contributed by atoms with van der Waals surface area (Å²) < 4.78 is 0. The highest BCUT2D eigenvalue weighted by molar-refractivity contribution is 4.63. The van der Waals surface area contributed by atoms with Crippen LogP contribution in [0, 0.1) is 18.8 Å². The third-order valence-electron chi connectivity index (χ3n) is 7.08. The lowest BCUT2D eigenvalue weighted by Crippen LogP contribution is -1.97. The van der Waals surface area contributed by atoms with Crippen LogP contribution in [0.5, 0.6) is 0 Å². The maximum absolute atomic E-state index is 4.42. The van der Waals surface area contributed by atoms with Crippen LogP contribution in [0.4, 0.5) is 0 Å². The molecule has 2 unspecified atom stereocenters. The zero-order valence-corrected chi connectivity index (χ0v) is 21.8. The van der Waals surface area contributed by atoms with Gasteiger partial charge in [0.1, 0.15) is 0 Å². The molecule has 0 aromatic heterocycles. The lowest BCUT2D eigenvalue weighted by molar-refractivity contribution is 0.424. The molecule has 0 aliphatic rings. The van der Waals surface area contributed by atoms with Crippen LogP contribution in [-0.4, -0.2) is 0 Å². The summed E-state index contributed by atoms with van der Waals surface area (Å²) in [7, 11) is 0. The largest absolute Gasteiger partial charge is 0.0654 e. The van der Waals surface area contributed by atoms with E-state index in [0.717, 1.165) is 5.92 Å². The highest BCUT2D eigenvalue weighted by Gasteiger charge is 2.04. The van der Waals surface area contributed by atoms with Crippen molar-refractivity contribution in [2.45, 2.75) is 175 Å². The van der Waals surface area contributed by atoms with E-state index in [9.17, 15) is 0 Å². The lowest BCUT2D eigenvalue weighted by Gasteiger charge is -2.12. The molecule has 30 heavy (non-hydrogen) atoms. The standard InChI is InChI=1S/C30H61/c1-5-7-9-11-12-13-14-15-16-17-18-22-26-30(4)28-24-20-19-23-27-29(3)25-21-10-8-6-2/h29-30H,4-28H2,1-3H3. The molecule has 0 aliphatic heterocycles. The summed E-state index contributed by atoms with van der Waals surface area (Å²) in [5.41, 5.74) is 0. The second-order valence-electron chi connectivity index (χ2n) is 10.5. The molecule has 0 heterocycles. The molecule has 0 amide bonds. The predicted molar refractivity (Wildman–Crippen MR) is 140 cm³/mol. The average Bonchev–Trinajstić information content (AvgIpc) is 2.74. The third kappa shape index (κ3) is 24.3. The number of hydrogen-bond donors (Lipinski definition) is 0. The molecule has 0 spiro atoms. The van der Waals surface area contributed by atoms with Crippen LogP contribution in [0.15, 0.2) is 0 Å². The Morgan fingerprint density at radius 1 is 0.400 bits per heavy atom. The third-order valence-corrected chi connectivity index (χ3v) is 7.08. The number of hydrogen-bond acceptors (Lipinski definition) is 0. The van der Waals surface area contributed by atoms with E-state index in [1.165, 1.54) is 154 Å². The van der Waals surface area contributed by atoms with Crippen molar-refractivity contribution in [2.24, 2.45) is 11.8 Å². The van der Waals surface area contributed by atoms with Gasteiger partial charge in [-0.25, -0.2) is 0 Å². The zero-order valence-electron chi connectivity index (χ0n) is 21.8. The van der Waals surface area contributed by atoms with Crippen LogP contribution in [0.25, 0.3) is 0 Å². The van der Waals surface area contributed by atoms with Gasteiger partial charge in [0.15, 0.2) is 0 Å². The van der Waals surface area contributed by atoms with Crippen LogP contribution in [0.1, 0.15) is 175 Å². The van der Waals surface area contributed by atoms with E-state index in [-0.39, 0.29) is 0 Å². The lowest BCUT2D eigenvalue weighted by atomic mass is 9.94. The van der Waals surface area contributed by atoms with Crippen molar-refractivity contribution >= 4 is 0 Å². The van der Waals surface area contributed by atoms with Gasteiger partial charge in [0.05, 0.1) is 0 Å². The quantitative estimate of drug-likeness (QED) is 0.128. The van der Waals surface area contributed by atoms with Gasteiger partial charge >= 0.3 is 0 Å². The smallest absolute Gasteiger partial charge is 0.0414 e. The molecule has 0 N–H and O–H groups in total. The average molecular weight is 422 g/mol. The van der Waals surface area contributed by atoms with E-state index in [4.69, 9.17) is 0 Å². The summed E-state index contributed by atoms with van der Waals surface area (Å²) in [6.07, 6.45) is 34.5. The Morgan fingerprint density at radius 2 is 0.667 bits per heavy atom. The molecule has 2 atom stereocenters. The minimum Gasteiger partial charge on any atom is -0.0654 e. The summed E-state index contributed by atoms with van der Waals surface area (Å²) in [5, 5.41) is 0. The van der Waals surface area contributed by atoms with Crippen LogP contribution in [-0.2, 0) is 0 Å². The van der Waals surface area contributed by atoms with E-state index >= 15 is 0 Å². The van der Waals surface area contributed by atoms with E-state index in [1.807, 2.05) is 0 Å². The van der Waals surface area contributed by atoms with Crippen molar-refractivity contribution in [3.8, 4) is 0 Å². The van der Waals surface area contributed by atoms with Gasteiger partial charge in [0.25, 0.3) is 0 Å². The maximum Gasteiger partial charge on any atom is -0.0414 e. The summed E-state index contributed by atoms with van der Waals surface area (Å²) >= 11 is 0. The topological polar surface area (TPSA) is 0 Å². The molecule has 0 nitrogen and oxygen atoms in total. The molecule has 0 rings (SSSR count). The summed E-state index contributed by atoms with van der Waals surface area (Å²) in [4.78, 5) is 0. The molecule has 0 aromatic carbocycles. The SMILES string of the molecule is [CH2]C(CCCCCCCCCCCCCC)CCCCCCC(C)CCCCCC. The van der Waals surface area contributed by atoms with Gasteiger partial charge < -0.3 is 0 Å². The normalized spacial score (nSPS) is 13.6. The van der Waals surface area contributed by atoms with Crippen LogP contribution >= 0.6 is 0 Å². The van der Waals surface area contributed by atoms with E-state index in [0.29, 0.717) is 5.92 Å². The zero-order chi connectivity index (χ0) is 22.1. The predicted octanol–water partition coefficient (Wildman–Crippen LogP) is 11.5. The van der Waals surface area contributed by atoms with Gasteiger partial charge in [0, 0.05) is 0 Å². The van der Waals surface area contributed by atoms with Crippen molar-refractivity contribution in [3.05, 3.63) is 6.92 Å². The molecule has 1 radical (unpaired) electrons. The van der Waals surface area contributed by atoms with Crippen molar-refractivity contribution in [1.82, 2.24) is 0 Å². The Labute approximate surface area is 193 Å². The molecule has 0 bridgehead atoms. The van der Waals surface area contributed by atoms with Gasteiger partial charge in [-0.15, -0.1) is 0 Å². The molecule has 181 valence electrons. The Bertz CT molecular complexity index is 294. The molecule has 0 saturated heterocycles. The van der Waals surface area contributed by atoms with Crippen molar-refractivity contribution in [2.75, 3.05) is 0 Å². The first-order chi connectivity index (χ1) is 14.7. The molecule has 0 saturated carbocycles. The molecular formula is C30H61. The Kier molecular flexibility index (Phi) is 25.3. The van der Waals surface area contributed by atoms with Gasteiger partial charge in [0.2, 0.25) is 0 Å². The van der Waals surface area contributed by atoms with Crippen LogP contribution in [0.2, 0.25) is 0 Å². The maximum atomic E-state index is 4.42. The minimum atomic E-state index is 0.714. The van der Waals surface area contributed by atoms with Crippen molar-refractivity contribution < 1.29 is 0 Å². The van der Waals surface area contributed by atoms with Gasteiger partial charge in [-0.05, 0) is 11.8 Å². The van der Waals surface area contributed by atoms with E-state index < -0.39 is 0 Å². The van der Waals surface area contributed by atoms with E-state index in [2.05, 4.69) is 27.7 Å². The monoisotopic (exact) mass is 421 g/mol. The Morgan fingerprint density at radius 3 is 1.03 bits per heavy atom. The summed E-state index contributed by atoms with van der Waals surface area (Å²) in [6.45, 7) is 11.5. The van der Waals surface area contributed by atoms with E-state index in [1.54, 1.807) is 0 Å². The number of rotatable bonds is 25. The Hall–Kier alpha value is 0. The van der Waals surface area contributed by atoms with Gasteiger partial charge in [-0.2, -0.15) is 0 Å². The summed E-state index contributed by atoms with van der Waals surface area (Å²) in [6, 6.07) is 0. The fourth-order valence-electron chi connectivity index (χ4n) is 4.76. The highest BCUT2D eigenvalue weighted by atomic mass is 14.1.